The molecule has 2 aromatic carbocycles. The van der Waals surface area contributed by atoms with E-state index in [9.17, 15) is 13.5 Å². The lowest BCUT2D eigenvalue weighted by Crippen LogP contribution is -2.20. The van der Waals surface area contributed by atoms with Gasteiger partial charge in [-0.2, -0.15) is 0 Å². The fourth-order valence-corrected chi connectivity index (χ4v) is 2.73. The van der Waals surface area contributed by atoms with Crippen LogP contribution in [0.25, 0.3) is 0 Å². The normalized spacial score (nSPS) is 11.2. The van der Waals surface area contributed by atoms with E-state index in [0.717, 1.165) is 5.56 Å². The molecule has 0 aliphatic carbocycles. The Kier molecular flexibility index (Phi) is 4.26. The van der Waals surface area contributed by atoms with E-state index in [1.807, 2.05) is 6.07 Å². The fourth-order valence-electron chi connectivity index (χ4n) is 1.82. The third-order valence-electron chi connectivity index (χ3n) is 2.84. The topological polar surface area (TPSA) is 78.4 Å². The zero-order valence-corrected chi connectivity index (χ0v) is 11.8. The van der Waals surface area contributed by atoms with Gasteiger partial charge in [0.15, 0.2) is 0 Å². The molecule has 5 nitrogen and oxygen atoms in total. The van der Waals surface area contributed by atoms with Crippen molar-refractivity contribution in [3.05, 3.63) is 54.1 Å². The highest BCUT2D eigenvalue weighted by molar-refractivity contribution is 7.89. The quantitative estimate of drug-likeness (QED) is 0.786. The number of nitrogens with one attached hydrogen (secondary N) is 2. The molecule has 0 saturated carbocycles. The standard InChI is InChI=1S/C14H16N2O3S/c1-15-20(18,19)14-8-3-2-7-13(14)16-10-11-5-4-6-12(17)9-11/h2-9,15-17H,10H2,1H3. The molecule has 2 rings (SSSR count). The van der Waals surface area contributed by atoms with Crippen molar-refractivity contribution in [2.45, 2.75) is 11.4 Å². The lowest BCUT2D eigenvalue weighted by Gasteiger charge is -2.12. The van der Waals surface area contributed by atoms with Crippen molar-refractivity contribution < 1.29 is 13.5 Å². The Bertz CT molecular complexity index is 699. The van der Waals surface area contributed by atoms with E-state index in [1.165, 1.54) is 13.1 Å². The van der Waals surface area contributed by atoms with E-state index in [1.54, 1.807) is 36.4 Å². The molecular weight excluding hydrogens is 276 g/mol. The van der Waals surface area contributed by atoms with Crippen LogP contribution in [0, 0.1) is 0 Å². The Hall–Kier alpha value is -2.05. The first-order chi connectivity index (χ1) is 9.53. The molecule has 0 spiro atoms. The summed E-state index contributed by atoms with van der Waals surface area (Å²) in [5, 5.41) is 12.5. The predicted octanol–water partition coefficient (Wildman–Crippen LogP) is 1.91. The van der Waals surface area contributed by atoms with Gasteiger partial charge in [0.05, 0.1) is 5.69 Å². The molecule has 0 aromatic heterocycles. The Balaban J connectivity index is 2.22. The number of hydrogen-bond donors (Lipinski definition) is 3. The Morgan fingerprint density at radius 3 is 2.55 bits per heavy atom. The number of aromatic hydroxyl groups is 1. The number of rotatable bonds is 5. The van der Waals surface area contributed by atoms with Gasteiger partial charge in [-0.1, -0.05) is 24.3 Å². The minimum absolute atomic E-state index is 0.181. The van der Waals surface area contributed by atoms with Crippen molar-refractivity contribution in [1.82, 2.24) is 4.72 Å². The Morgan fingerprint density at radius 2 is 1.85 bits per heavy atom. The van der Waals surface area contributed by atoms with Gasteiger partial charge in [-0.15, -0.1) is 0 Å². The predicted molar refractivity (Wildman–Crippen MR) is 78.1 cm³/mol. The average Bonchev–Trinajstić information content (AvgIpc) is 2.45. The summed E-state index contributed by atoms with van der Waals surface area (Å²) in [7, 11) is -2.13. The number of sulfonamides is 1. The molecule has 0 saturated heterocycles. The van der Waals surface area contributed by atoms with Crippen molar-refractivity contribution >= 4 is 15.7 Å². The third kappa shape index (κ3) is 3.28. The largest absolute Gasteiger partial charge is 0.508 e. The molecule has 6 heteroatoms. The number of phenolic OH excluding ortho intramolecular Hbond substituents is 1. The zero-order chi connectivity index (χ0) is 14.6. The molecule has 0 aliphatic heterocycles. The van der Waals surface area contributed by atoms with Gasteiger partial charge in [-0.25, -0.2) is 13.1 Å². The maximum absolute atomic E-state index is 11.9. The third-order valence-corrected chi connectivity index (χ3v) is 4.31. The maximum atomic E-state index is 11.9. The summed E-state index contributed by atoms with van der Waals surface area (Å²) in [6.45, 7) is 0.421. The van der Waals surface area contributed by atoms with Crippen LogP contribution < -0.4 is 10.0 Å². The number of hydrogen-bond acceptors (Lipinski definition) is 4. The summed E-state index contributed by atoms with van der Waals surface area (Å²) in [6, 6.07) is 13.5. The van der Waals surface area contributed by atoms with Crippen LogP contribution in [0.4, 0.5) is 5.69 Å². The summed E-state index contributed by atoms with van der Waals surface area (Å²) in [6.07, 6.45) is 0. The lowest BCUT2D eigenvalue weighted by atomic mass is 10.2. The van der Waals surface area contributed by atoms with Gasteiger partial charge in [0, 0.05) is 6.54 Å². The van der Waals surface area contributed by atoms with Gasteiger partial charge in [-0.3, -0.25) is 0 Å². The van der Waals surface area contributed by atoms with Crippen molar-refractivity contribution in [2.24, 2.45) is 0 Å². The van der Waals surface area contributed by atoms with Crippen LogP contribution in [0.5, 0.6) is 5.75 Å². The summed E-state index contributed by atoms with van der Waals surface area (Å²) < 4.78 is 26.1. The van der Waals surface area contributed by atoms with Gasteiger partial charge < -0.3 is 10.4 Å². The van der Waals surface area contributed by atoms with Crippen LogP contribution in [0.1, 0.15) is 5.56 Å². The van der Waals surface area contributed by atoms with Crippen molar-refractivity contribution in [3.8, 4) is 5.75 Å². The first kappa shape index (κ1) is 14.4. The van der Waals surface area contributed by atoms with E-state index in [0.29, 0.717) is 12.2 Å². The molecule has 0 aliphatic rings. The average molecular weight is 292 g/mol. The fraction of sp³-hybridized carbons (Fsp3) is 0.143. The SMILES string of the molecule is CNS(=O)(=O)c1ccccc1NCc1cccc(O)c1. The molecule has 2 aromatic rings. The molecular formula is C14H16N2O3S. The summed E-state index contributed by atoms with van der Waals surface area (Å²) in [5.41, 5.74) is 1.38. The van der Waals surface area contributed by atoms with Crippen LogP contribution in [0.15, 0.2) is 53.4 Å². The van der Waals surface area contributed by atoms with E-state index in [2.05, 4.69) is 10.0 Å². The van der Waals surface area contributed by atoms with Crippen molar-refractivity contribution in [3.63, 3.8) is 0 Å². The van der Waals surface area contributed by atoms with Crippen LogP contribution in [-0.2, 0) is 16.6 Å². The van der Waals surface area contributed by atoms with Crippen molar-refractivity contribution in [1.29, 1.82) is 0 Å². The number of phenols is 1. The second kappa shape index (κ2) is 5.94. The molecule has 0 atom stereocenters. The zero-order valence-electron chi connectivity index (χ0n) is 11.0. The van der Waals surface area contributed by atoms with Gasteiger partial charge in [-0.05, 0) is 36.9 Å². The smallest absolute Gasteiger partial charge is 0.242 e. The maximum Gasteiger partial charge on any atom is 0.242 e. The Labute approximate surface area is 118 Å². The van der Waals surface area contributed by atoms with Crippen molar-refractivity contribution in [2.75, 3.05) is 12.4 Å². The van der Waals surface area contributed by atoms with Gasteiger partial charge in [0.1, 0.15) is 10.6 Å². The lowest BCUT2D eigenvalue weighted by molar-refractivity contribution is 0.474. The molecule has 0 radical (unpaired) electrons. The van der Waals surface area contributed by atoms with Crippen LogP contribution >= 0.6 is 0 Å². The molecule has 0 fully saturated rings. The van der Waals surface area contributed by atoms with E-state index in [-0.39, 0.29) is 10.6 Å². The molecule has 0 heterocycles. The van der Waals surface area contributed by atoms with E-state index < -0.39 is 10.0 Å². The molecule has 0 amide bonds. The monoisotopic (exact) mass is 292 g/mol. The summed E-state index contributed by atoms with van der Waals surface area (Å²) >= 11 is 0. The highest BCUT2D eigenvalue weighted by Crippen LogP contribution is 2.21. The highest BCUT2D eigenvalue weighted by atomic mass is 32.2. The van der Waals surface area contributed by atoms with E-state index in [4.69, 9.17) is 0 Å². The molecule has 3 N–H and O–H groups in total. The summed E-state index contributed by atoms with van der Waals surface area (Å²) in [5.74, 6) is 0.181. The second-order valence-corrected chi connectivity index (χ2v) is 6.08. The molecule has 20 heavy (non-hydrogen) atoms. The number of anilines is 1. The van der Waals surface area contributed by atoms with Crippen LogP contribution in [0.2, 0.25) is 0 Å². The minimum Gasteiger partial charge on any atom is -0.508 e. The molecule has 0 unspecified atom stereocenters. The van der Waals surface area contributed by atoms with Gasteiger partial charge in [0.2, 0.25) is 10.0 Å². The van der Waals surface area contributed by atoms with Gasteiger partial charge >= 0.3 is 0 Å². The Morgan fingerprint density at radius 1 is 1.10 bits per heavy atom. The van der Waals surface area contributed by atoms with Crippen LogP contribution in [-0.4, -0.2) is 20.6 Å². The molecule has 0 bridgehead atoms. The molecule has 106 valence electrons. The first-order valence-electron chi connectivity index (χ1n) is 6.07. The number of para-hydroxylation sites is 1. The van der Waals surface area contributed by atoms with E-state index >= 15 is 0 Å². The second-order valence-electron chi connectivity index (χ2n) is 4.23. The van der Waals surface area contributed by atoms with Crippen LogP contribution in [0.3, 0.4) is 0 Å². The first-order valence-corrected chi connectivity index (χ1v) is 7.55. The highest BCUT2D eigenvalue weighted by Gasteiger charge is 2.15. The van der Waals surface area contributed by atoms with Gasteiger partial charge in [0.25, 0.3) is 0 Å². The number of benzene rings is 2. The summed E-state index contributed by atoms with van der Waals surface area (Å²) in [4.78, 5) is 0.197. The minimum atomic E-state index is -3.50.